The van der Waals surface area contributed by atoms with E-state index in [1.807, 2.05) is 72.5 Å². The molecule has 1 amide bonds. The third-order valence-corrected chi connectivity index (χ3v) is 6.48. The molecule has 1 aliphatic heterocycles. The van der Waals surface area contributed by atoms with Crippen LogP contribution in [0.4, 0.5) is 5.69 Å². The van der Waals surface area contributed by atoms with E-state index in [0.717, 1.165) is 22.4 Å². The van der Waals surface area contributed by atoms with Crippen LogP contribution in [0.5, 0.6) is 0 Å². The number of benzene rings is 3. The van der Waals surface area contributed by atoms with Crippen LogP contribution in [0.25, 0.3) is 0 Å². The number of rotatable bonds is 5. The monoisotopic (exact) mass is 468 g/mol. The molecule has 0 radical (unpaired) electrons. The van der Waals surface area contributed by atoms with Crippen LogP contribution in [-0.2, 0) is 9.53 Å². The number of aryl methyl sites for hydroxylation is 1. The van der Waals surface area contributed by atoms with E-state index in [1.165, 1.54) is 0 Å². The lowest BCUT2D eigenvalue weighted by Crippen LogP contribution is -2.52. The number of piperazine rings is 1. The molecule has 32 heavy (non-hydrogen) atoms. The Balaban J connectivity index is 1.65. The largest absolute Gasteiger partial charge is 0.367 e. The second-order valence-electron chi connectivity index (χ2n) is 8.03. The summed E-state index contributed by atoms with van der Waals surface area (Å²) in [6.07, 6.45) is -0.628. The number of nitrogens with zero attached hydrogens (tertiary/aromatic N) is 2. The van der Waals surface area contributed by atoms with Crippen molar-refractivity contribution in [3.8, 4) is 0 Å². The number of hydrogen-bond acceptors (Lipinski definition) is 3. The van der Waals surface area contributed by atoms with Crippen molar-refractivity contribution in [1.29, 1.82) is 0 Å². The maximum absolute atomic E-state index is 13.5. The van der Waals surface area contributed by atoms with Gasteiger partial charge in [-0.15, -0.1) is 0 Å². The molecule has 0 aliphatic carbocycles. The molecular weight excluding hydrogens is 443 g/mol. The number of carbonyl (C=O) groups is 1. The van der Waals surface area contributed by atoms with E-state index in [4.69, 9.17) is 27.9 Å². The van der Waals surface area contributed by atoms with Crippen molar-refractivity contribution in [3.05, 3.63) is 99.5 Å². The van der Waals surface area contributed by atoms with Gasteiger partial charge in [-0.05, 0) is 47.9 Å². The number of ether oxygens (including phenoxy) is 1. The van der Waals surface area contributed by atoms with Crippen molar-refractivity contribution in [1.82, 2.24) is 4.90 Å². The minimum atomic E-state index is -0.628. The van der Waals surface area contributed by atoms with Crippen LogP contribution in [0.3, 0.4) is 0 Å². The van der Waals surface area contributed by atoms with Crippen LogP contribution in [0, 0.1) is 6.92 Å². The first-order chi connectivity index (χ1) is 15.5. The van der Waals surface area contributed by atoms with Gasteiger partial charge in [-0.25, -0.2) is 0 Å². The Hall–Kier alpha value is -2.53. The summed E-state index contributed by atoms with van der Waals surface area (Å²) in [5.41, 5.74) is 4.02. The van der Waals surface area contributed by atoms with Gasteiger partial charge in [-0.1, -0.05) is 71.7 Å². The molecule has 2 atom stereocenters. The van der Waals surface area contributed by atoms with Gasteiger partial charge < -0.3 is 14.5 Å². The summed E-state index contributed by atoms with van der Waals surface area (Å²) in [5, 5.41) is 1.39. The lowest BCUT2D eigenvalue weighted by atomic mass is 9.99. The van der Waals surface area contributed by atoms with Gasteiger partial charge >= 0.3 is 0 Å². The molecule has 3 aromatic carbocycles. The van der Waals surface area contributed by atoms with Gasteiger partial charge in [0.05, 0.1) is 16.8 Å². The van der Waals surface area contributed by atoms with Crippen LogP contribution in [0.2, 0.25) is 10.0 Å². The van der Waals surface area contributed by atoms with Crippen LogP contribution < -0.4 is 4.90 Å². The van der Waals surface area contributed by atoms with Gasteiger partial charge in [-0.2, -0.15) is 0 Å². The van der Waals surface area contributed by atoms with Crippen molar-refractivity contribution in [3.63, 3.8) is 0 Å². The molecular formula is C26H26Cl2N2O2. The third-order valence-electron chi connectivity index (χ3n) is 5.92. The highest BCUT2D eigenvalue weighted by molar-refractivity contribution is 6.33. The van der Waals surface area contributed by atoms with Crippen LogP contribution in [0.15, 0.2) is 72.8 Å². The average Bonchev–Trinajstić information content (AvgIpc) is 2.80. The molecule has 2 unspecified atom stereocenters. The quantitative estimate of drug-likeness (QED) is 0.454. The normalized spacial score (nSPS) is 17.3. The molecule has 0 N–H and O–H groups in total. The lowest BCUT2D eigenvalue weighted by molar-refractivity contribution is -0.143. The second-order valence-corrected chi connectivity index (χ2v) is 8.87. The number of hydrogen-bond donors (Lipinski definition) is 0. The summed E-state index contributed by atoms with van der Waals surface area (Å²) in [7, 11) is 1.58. The van der Waals surface area contributed by atoms with Crippen molar-refractivity contribution in [2.45, 2.75) is 19.1 Å². The molecule has 0 saturated carbocycles. The van der Waals surface area contributed by atoms with Gasteiger partial charge in [0.2, 0.25) is 0 Å². The predicted molar refractivity (Wildman–Crippen MR) is 130 cm³/mol. The fraction of sp³-hybridized carbons (Fsp3) is 0.269. The van der Waals surface area contributed by atoms with Gasteiger partial charge in [-0.3, -0.25) is 4.79 Å². The zero-order valence-corrected chi connectivity index (χ0v) is 19.7. The van der Waals surface area contributed by atoms with Gasteiger partial charge in [0.25, 0.3) is 5.91 Å². The van der Waals surface area contributed by atoms with E-state index in [-0.39, 0.29) is 11.9 Å². The van der Waals surface area contributed by atoms with E-state index in [2.05, 4.69) is 17.0 Å². The SMILES string of the molecule is COC(C(=O)N1CCN(c2ccc(C)cc2Cl)C(c2ccc(Cl)cc2)C1)c1ccccc1. The van der Waals surface area contributed by atoms with E-state index >= 15 is 0 Å². The highest BCUT2D eigenvalue weighted by Gasteiger charge is 2.35. The molecule has 1 saturated heterocycles. The molecule has 1 aliphatic rings. The number of methoxy groups -OCH3 is 1. The summed E-state index contributed by atoms with van der Waals surface area (Å²) >= 11 is 12.8. The first-order valence-corrected chi connectivity index (χ1v) is 11.4. The van der Waals surface area contributed by atoms with E-state index in [0.29, 0.717) is 29.7 Å². The smallest absolute Gasteiger partial charge is 0.256 e. The first kappa shape index (κ1) is 22.7. The zero-order valence-electron chi connectivity index (χ0n) is 18.2. The summed E-state index contributed by atoms with van der Waals surface area (Å²) in [4.78, 5) is 17.6. The molecule has 6 heteroatoms. The predicted octanol–water partition coefficient (Wildman–Crippen LogP) is 6.08. The Bertz CT molecular complexity index is 1070. The Labute approximate surface area is 199 Å². The van der Waals surface area contributed by atoms with Crippen molar-refractivity contribution >= 4 is 34.8 Å². The number of carbonyl (C=O) groups excluding carboxylic acids is 1. The molecule has 4 rings (SSSR count). The van der Waals surface area contributed by atoms with E-state index in [9.17, 15) is 4.79 Å². The summed E-state index contributed by atoms with van der Waals surface area (Å²) < 4.78 is 5.61. The maximum Gasteiger partial charge on any atom is 0.256 e. The highest BCUT2D eigenvalue weighted by Crippen LogP contribution is 2.36. The van der Waals surface area contributed by atoms with Crippen molar-refractivity contribution in [2.75, 3.05) is 31.6 Å². The molecule has 3 aromatic rings. The maximum atomic E-state index is 13.5. The minimum Gasteiger partial charge on any atom is -0.367 e. The summed E-state index contributed by atoms with van der Waals surface area (Å²) in [6.45, 7) is 3.79. The standard InChI is InChI=1S/C26H26Cl2N2O2/c1-18-8-13-23(22(28)16-18)30-15-14-29(17-24(30)19-9-11-21(27)12-10-19)26(31)25(32-2)20-6-4-3-5-7-20/h3-13,16,24-25H,14-15,17H2,1-2H3. The van der Waals surface area contributed by atoms with Crippen molar-refractivity contribution < 1.29 is 9.53 Å². The van der Waals surface area contributed by atoms with Gasteiger partial charge in [0, 0.05) is 31.8 Å². The van der Waals surface area contributed by atoms with Crippen LogP contribution >= 0.6 is 23.2 Å². The van der Waals surface area contributed by atoms with Crippen molar-refractivity contribution in [2.24, 2.45) is 0 Å². The summed E-state index contributed by atoms with van der Waals surface area (Å²) in [5.74, 6) is -0.0349. The van der Waals surface area contributed by atoms with Gasteiger partial charge in [0.15, 0.2) is 6.10 Å². The second kappa shape index (κ2) is 9.95. The number of amides is 1. The number of halogens is 2. The third kappa shape index (κ3) is 4.78. The average molecular weight is 469 g/mol. The number of anilines is 1. The Morgan fingerprint density at radius 2 is 1.72 bits per heavy atom. The fourth-order valence-corrected chi connectivity index (χ4v) is 4.73. The molecule has 0 bridgehead atoms. The van der Waals surface area contributed by atoms with E-state index < -0.39 is 6.10 Å². The first-order valence-electron chi connectivity index (χ1n) is 10.6. The molecule has 1 fully saturated rings. The minimum absolute atomic E-state index is 0.0349. The molecule has 0 aromatic heterocycles. The zero-order chi connectivity index (χ0) is 22.7. The fourth-order valence-electron chi connectivity index (χ4n) is 4.26. The summed E-state index contributed by atoms with van der Waals surface area (Å²) in [6, 6.07) is 23.4. The van der Waals surface area contributed by atoms with Crippen LogP contribution in [-0.4, -0.2) is 37.6 Å². The van der Waals surface area contributed by atoms with Crippen LogP contribution in [0.1, 0.15) is 28.8 Å². The molecule has 166 valence electrons. The molecule has 1 heterocycles. The van der Waals surface area contributed by atoms with E-state index in [1.54, 1.807) is 7.11 Å². The lowest BCUT2D eigenvalue weighted by Gasteiger charge is -2.44. The van der Waals surface area contributed by atoms with Gasteiger partial charge in [0.1, 0.15) is 0 Å². The Morgan fingerprint density at radius 1 is 1.00 bits per heavy atom. The molecule has 0 spiro atoms. The Kier molecular flexibility index (Phi) is 7.04. The molecule has 4 nitrogen and oxygen atoms in total. The highest BCUT2D eigenvalue weighted by atomic mass is 35.5. The Morgan fingerprint density at radius 3 is 2.38 bits per heavy atom. The topological polar surface area (TPSA) is 32.8 Å².